The molecule has 2 nitrogen and oxygen atoms in total. The molecule has 0 radical (unpaired) electrons. The maximum atomic E-state index is 13.1. The van der Waals surface area contributed by atoms with Gasteiger partial charge in [0.15, 0.2) is 0 Å². The summed E-state index contributed by atoms with van der Waals surface area (Å²) in [6.45, 7) is 6.06. The fourth-order valence-corrected chi connectivity index (χ4v) is 1.85. The lowest BCUT2D eigenvalue weighted by Crippen LogP contribution is -2.25. The van der Waals surface area contributed by atoms with Crippen LogP contribution in [0.5, 0.6) is 0 Å². The first-order chi connectivity index (χ1) is 7.30. The molecule has 0 aromatic heterocycles. The van der Waals surface area contributed by atoms with Gasteiger partial charge in [0.05, 0.1) is 0 Å². The van der Waals surface area contributed by atoms with Crippen molar-refractivity contribution in [2.24, 2.45) is 11.1 Å². The van der Waals surface area contributed by atoms with Crippen molar-refractivity contribution < 1.29 is 9.18 Å². The SMILES string of the molecule is CC(C)(C)C(CC(N)=O)c1cccc(F)c1. The number of nitrogens with two attached hydrogens (primary N) is 1. The molecule has 0 aliphatic heterocycles. The number of carbonyl (C=O) groups is 1. The second-order valence-corrected chi connectivity index (χ2v) is 5.14. The summed E-state index contributed by atoms with van der Waals surface area (Å²) in [6, 6.07) is 6.36. The van der Waals surface area contributed by atoms with Gasteiger partial charge in [0.1, 0.15) is 5.82 Å². The normalized spacial score (nSPS) is 13.5. The number of benzene rings is 1. The molecule has 2 N–H and O–H groups in total. The van der Waals surface area contributed by atoms with Crippen LogP contribution >= 0.6 is 0 Å². The third-order valence-corrected chi connectivity index (χ3v) is 2.70. The summed E-state index contributed by atoms with van der Waals surface area (Å²) < 4.78 is 13.1. The summed E-state index contributed by atoms with van der Waals surface area (Å²) in [5, 5.41) is 0. The van der Waals surface area contributed by atoms with Crippen LogP contribution in [0.15, 0.2) is 24.3 Å². The van der Waals surface area contributed by atoms with Crippen molar-refractivity contribution in [2.45, 2.75) is 33.1 Å². The van der Waals surface area contributed by atoms with Gasteiger partial charge in [-0.1, -0.05) is 32.9 Å². The van der Waals surface area contributed by atoms with Gasteiger partial charge in [-0.15, -0.1) is 0 Å². The fraction of sp³-hybridized carbons (Fsp3) is 0.462. The highest BCUT2D eigenvalue weighted by Gasteiger charge is 2.27. The molecule has 0 spiro atoms. The number of carbonyl (C=O) groups excluding carboxylic acids is 1. The highest BCUT2D eigenvalue weighted by molar-refractivity contribution is 5.74. The fourth-order valence-electron chi connectivity index (χ4n) is 1.85. The van der Waals surface area contributed by atoms with Crippen molar-refractivity contribution in [3.8, 4) is 0 Å². The van der Waals surface area contributed by atoms with Gasteiger partial charge in [0, 0.05) is 6.42 Å². The van der Waals surface area contributed by atoms with Crippen LogP contribution in [0.25, 0.3) is 0 Å². The van der Waals surface area contributed by atoms with E-state index in [2.05, 4.69) is 0 Å². The van der Waals surface area contributed by atoms with Crippen LogP contribution in [0.1, 0.15) is 38.7 Å². The number of rotatable bonds is 3. The summed E-state index contributed by atoms with van der Waals surface area (Å²) in [5.74, 6) is -0.693. The number of hydrogen-bond donors (Lipinski definition) is 1. The van der Waals surface area contributed by atoms with Crippen molar-refractivity contribution in [1.29, 1.82) is 0 Å². The Kier molecular flexibility index (Phi) is 3.68. The van der Waals surface area contributed by atoms with Crippen LogP contribution in [0.3, 0.4) is 0 Å². The highest BCUT2D eigenvalue weighted by Crippen LogP contribution is 2.37. The second kappa shape index (κ2) is 4.64. The molecule has 1 aromatic carbocycles. The lowest BCUT2D eigenvalue weighted by atomic mass is 9.74. The first-order valence-electron chi connectivity index (χ1n) is 5.34. The Morgan fingerprint density at radius 2 is 2.06 bits per heavy atom. The van der Waals surface area contributed by atoms with E-state index in [9.17, 15) is 9.18 Å². The molecule has 0 fully saturated rings. The molecule has 0 aliphatic carbocycles. The van der Waals surface area contributed by atoms with E-state index in [4.69, 9.17) is 5.73 Å². The molecule has 16 heavy (non-hydrogen) atoms. The highest BCUT2D eigenvalue weighted by atomic mass is 19.1. The minimum Gasteiger partial charge on any atom is -0.370 e. The molecule has 0 heterocycles. The zero-order valence-electron chi connectivity index (χ0n) is 9.96. The second-order valence-electron chi connectivity index (χ2n) is 5.14. The van der Waals surface area contributed by atoms with Gasteiger partial charge in [0.2, 0.25) is 5.91 Å². The molecule has 1 aromatic rings. The molecule has 1 rings (SSSR count). The molecular weight excluding hydrogens is 205 g/mol. The Balaban J connectivity index is 3.06. The minimum absolute atomic E-state index is 0.0549. The van der Waals surface area contributed by atoms with E-state index < -0.39 is 0 Å². The molecule has 0 bridgehead atoms. The Morgan fingerprint density at radius 1 is 1.44 bits per heavy atom. The van der Waals surface area contributed by atoms with Crippen LogP contribution in [0.4, 0.5) is 4.39 Å². The van der Waals surface area contributed by atoms with Crippen molar-refractivity contribution in [3.63, 3.8) is 0 Å². The first kappa shape index (κ1) is 12.7. The smallest absolute Gasteiger partial charge is 0.218 e. The third kappa shape index (κ3) is 3.33. The quantitative estimate of drug-likeness (QED) is 0.841. The van der Waals surface area contributed by atoms with E-state index in [-0.39, 0.29) is 29.5 Å². The largest absolute Gasteiger partial charge is 0.370 e. The van der Waals surface area contributed by atoms with E-state index in [0.717, 1.165) is 5.56 Å². The zero-order chi connectivity index (χ0) is 12.3. The number of hydrogen-bond acceptors (Lipinski definition) is 1. The molecule has 1 amide bonds. The molecule has 0 saturated heterocycles. The Morgan fingerprint density at radius 3 is 2.50 bits per heavy atom. The minimum atomic E-state index is -0.357. The Labute approximate surface area is 95.7 Å². The van der Waals surface area contributed by atoms with E-state index in [1.165, 1.54) is 12.1 Å². The van der Waals surface area contributed by atoms with Gasteiger partial charge in [-0.05, 0) is 29.0 Å². The number of primary amides is 1. The number of halogens is 1. The van der Waals surface area contributed by atoms with Gasteiger partial charge in [-0.25, -0.2) is 4.39 Å². The van der Waals surface area contributed by atoms with Crippen LogP contribution in [-0.4, -0.2) is 5.91 Å². The van der Waals surface area contributed by atoms with Gasteiger partial charge in [0.25, 0.3) is 0 Å². The summed E-state index contributed by atoms with van der Waals surface area (Å²) in [6.07, 6.45) is 0.243. The van der Waals surface area contributed by atoms with Crippen LogP contribution in [0, 0.1) is 11.2 Å². The predicted molar refractivity (Wildman–Crippen MR) is 62.4 cm³/mol. The Bertz CT molecular complexity index is 382. The summed E-state index contributed by atoms with van der Waals surface area (Å²) in [7, 11) is 0. The average molecular weight is 223 g/mol. The van der Waals surface area contributed by atoms with Crippen molar-refractivity contribution in [2.75, 3.05) is 0 Å². The molecule has 1 atom stereocenters. The molecule has 0 aliphatic rings. The van der Waals surface area contributed by atoms with Crippen molar-refractivity contribution in [1.82, 2.24) is 0 Å². The van der Waals surface area contributed by atoms with Crippen LogP contribution < -0.4 is 5.73 Å². The van der Waals surface area contributed by atoms with Crippen molar-refractivity contribution >= 4 is 5.91 Å². The lowest BCUT2D eigenvalue weighted by molar-refractivity contribution is -0.118. The van der Waals surface area contributed by atoms with Crippen LogP contribution in [-0.2, 0) is 4.79 Å². The van der Waals surface area contributed by atoms with Gasteiger partial charge in [-0.2, -0.15) is 0 Å². The van der Waals surface area contributed by atoms with E-state index >= 15 is 0 Å². The third-order valence-electron chi connectivity index (χ3n) is 2.70. The predicted octanol–water partition coefficient (Wildman–Crippen LogP) is 2.83. The Hall–Kier alpha value is -1.38. The van der Waals surface area contributed by atoms with Crippen LogP contribution in [0.2, 0.25) is 0 Å². The lowest BCUT2D eigenvalue weighted by Gasteiger charge is -2.30. The average Bonchev–Trinajstić information content (AvgIpc) is 2.12. The summed E-state index contributed by atoms with van der Waals surface area (Å²) in [5.41, 5.74) is 5.94. The number of amides is 1. The van der Waals surface area contributed by atoms with E-state index in [1.54, 1.807) is 6.07 Å². The maximum Gasteiger partial charge on any atom is 0.218 e. The monoisotopic (exact) mass is 223 g/mol. The summed E-state index contributed by atoms with van der Waals surface area (Å²) >= 11 is 0. The van der Waals surface area contributed by atoms with Gasteiger partial charge < -0.3 is 5.73 Å². The molecule has 88 valence electrons. The standard InChI is InChI=1S/C13H18FNO/c1-13(2,3)11(8-12(15)16)9-5-4-6-10(14)7-9/h4-7,11H,8H2,1-3H3,(H2,15,16). The molecule has 1 unspecified atom stereocenters. The first-order valence-corrected chi connectivity index (χ1v) is 5.34. The molecule has 3 heteroatoms. The van der Waals surface area contributed by atoms with E-state index in [0.29, 0.717) is 0 Å². The maximum absolute atomic E-state index is 13.1. The topological polar surface area (TPSA) is 43.1 Å². The van der Waals surface area contributed by atoms with Crippen molar-refractivity contribution in [3.05, 3.63) is 35.6 Å². The van der Waals surface area contributed by atoms with Gasteiger partial charge >= 0.3 is 0 Å². The molecule has 0 saturated carbocycles. The van der Waals surface area contributed by atoms with Gasteiger partial charge in [-0.3, -0.25) is 4.79 Å². The summed E-state index contributed by atoms with van der Waals surface area (Å²) in [4.78, 5) is 11.0. The molecular formula is C13H18FNO. The van der Waals surface area contributed by atoms with E-state index in [1.807, 2.05) is 26.8 Å². The zero-order valence-corrected chi connectivity index (χ0v) is 9.96.